The molecule has 0 unspecified atom stereocenters. The van der Waals surface area contributed by atoms with Crippen LogP contribution in [0.2, 0.25) is 0 Å². The van der Waals surface area contributed by atoms with E-state index in [9.17, 15) is 0 Å². The van der Waals surface area contributed by atoms with E-state index in [1.54, 1.807) is 0 Å². The third kappa shape index (κ3) is 1.52. The Bertz CT molecular complexity index is 209. The van der Waals surface area contributed by atoms with Crippen LogP contribution in [0, 0.1) is 5.92 Å². The Kier molecular flexibility index (Phi) is 2.48. The van der Waals surface area contributed by atoms with Gasteiger partial charge in [0.2, 0.25) is 0 Å². The highest BCUT2D eigenvalue weighted by Gasteiger charge is 2.15. The van der Waals surface area contributed by atoms with Crippen molar-refractivity contribution >= 4 is 5.71 Å². The minimum absolute atomic E-state index is 0.596. The first-order chi connectivity index (χ1) is 5.16. The summed E-state index contributed by atoms with van der Waals surface area (Å²) in [7, 11) is 0. The summed E-state index contributed by atoms with van der Waals surface area (Å²) in [5.74, 6) is 0.596. The second kappa shape index (κ2) is 3.21. The molecule has 0 radical (unpaired) electrons. The highest BCUT2D eigenvalue weighted by Crippen LogP contribution is 2.21. The molecule has 1 nitrogen and oxygen atoms in total. The van der Waals surface area contributed by atoms with Gasteiger partial charge in [-0.2, -0.15) is 0 Å². The van der Waals surface area contributed by atoms with Gasteiger partial charge in [-0.25, -0.2) is 0 Å². The maximum atomic E-state index is 4.51. The van der Waals surface area contributed by atoms with Crippen molar-refractivity contribution in [3.8, 4) is 0 Å². The van der Waals surface area contributed by atoms with Gasteiger partial charge in [0, 0.05) is 5.71 Å². The fourth-order valence-electron chi connectivity index (χ4n) is 1.59. The second-order valence-electron chi connectivity index (χ2n) is 3.44. The third-order valence-electron chi connectivity index (χ3n) is 2.33. The van der Waals surface area contributed by atoms with Crippen LogP contribution in [0.25, 0.3) is 0 Å². The molecule has 0 fully saturated rings. The number of aliphatic imine (C=N–C) groups is 1. The molecule has 0 atom stereocenters. The smallest absolute Gasteiger partial charge is 0.0609 e. The first kappa shape index (κ1) is 8.51. The summed E-state index contributed by atoms with van der Waals surface area (Å²) in [5.41, 5.74) is 4.29. The van der Waals surface area contributed by atoms with Crippen molar-refractivity contribution < 1.29 is 0 Å². The summed E-state index contributed by atoms with van der Waals surface area (Å²) in [6.07, 6.45) is 1.16. The number of rotatable bonds is 2. The van der Waals surface area contributed by atoms with Crippen LogP contribution in [0.4, 0.5) is 0 Å². The van der Waals surface area contributed by atoms with E-state index in [1.165, 1.54) is 16.9 Å². The van der Waals surface area contributed by atoms with E-state index in [2.05, 4.69) is 32.7 Å². The Morgan fingerprint density at radius 3 is 2.36 bits per heavy atom. The molecule has 0 bridgehead atoms. The average molecular weight is 151 g/mol. The molecule has 1 heteroatoms. The number of allylic oxidation sites excluding steroid dienone is 1. The standard InChI is InChI=1S/C10H17N/c1-5-9-6-11-10(7(2)3)8(9)4/h7H,5-6H2,1-4H3. The molecular weight excluding hydrogens is 134 g/mol. The molecular formula is C10H17N. The van der Waals surface area contributed by atoms with Crippen LogP contribution >= 0.6 is 0 Å². The van der Waals surface area contributed by atoms with E-state index in [0.29, 0.717) is 5.92 Å². The molecule has 0 saturated carbocycles. The first-order valence-electron chi connectivity index (χ1n) is 4.40. The zero-order valence-electron chi connectivity index (χ0n) is 7.94. The monoisotopic (exact) mass is 151 g/mol. The van der Waals surface area contributed by atoms with Gasteiger partial charge in [-0.1, -0.05) is 20.8 Å². The van der Waals surface area contributed by atoms with E-state index >= 15 is 0 Å². The molecule has 0 aliphatic carbocycles. The maximum Gasteiger partial charge on any atom is 0.0609 e. The lowest BCUT2D eigenvalue weighted by atomic mass is 9.99. The van der Waals surface area contributed by atoms with Crippen molar-refractivity contribution in [3.05, 3.63) is 11.1 Å². The minimum Gasteiger partial charge on any atom is -0.285 e. The molecule has 11 heavy (non-hydrogen) atoms. The maximum absolute atomic E-state index is 4.51. The Labute approximate surface area is 69.2 Å². The highest BCUT2D eigenvalue weighted by molar-refractivity contribution is 6.03. The van der Waals surface area contributed by atoms with Crippen molar-refractivity contribution in [2.24, 2.45) is 10.9 Å². The van der Waals surface area contributed by atoms with Crippen LogP contribution in [-0.4, -0.2) is 12.3 Å². The topological polar surface area (TPSA) is 12.4 Å². The SMILES string of the molecule is CCC1=C(C)C(C(C)C)=NC1. The van der Waals surface area contributed by atoms with Crippen LogP contribution in [0.5, 0.6) is 0 Å². The van der Waals surface area contributed by atoms with Gasteiger partial charge >= 0.3 is 0 Å². The minimum atomic E-state index is 0.596. The molecule has 0 amide bonds. The van der Waals surface area contributed by atoms with Crippen LogP contribution in [0.1, 0.15) is 34.1 Å². The van der Waals surface area contributed by atoms with Gasteiger partial charge in [0.05, 0.1) is 6.54 Å². The van der Waals surface area contributed by atoms with Crippen LogP contribution in [0.15, 0.2) is 16.1 Å². The molecule has 1 rings (SSSR count). The number of hydrogen-bond donors (Lipinski definition) is 0. The first-order valence-corrected chi connectivity index (χ1v) is 4.40. The molecule has 1 aliphatic rings. The van der Waals surface area contributed by atoms with E-state index in [4.69, 9.17) is 0 Å². The lowest BCUT2D eigenvalue weighted by Gasteiger charge is -2.06. The number of hydrogen-bond acceptors (Lipinski definition) is 1. The van der Waals surface area contributed by atoms with E-state index in [1.807, 2.05) is 0 Å². The summed E-state index contributed by atoms with van der Waals surface area (Å²) in [6.45, 7) is 9.78. The molecule has 0 aromatic carbocycles. The lowest BCUT2D eigenvalue weighted by Crippen LogP contribution is -2.06. The Morgan fingerprint density at radius 1 is 1.45 bits per heavy atom. The van der Waals surface area contributed by atoms with Gasteiger partial charge < -0.3 is 0 Å². The molecule has 0 aromatic heterocycles. The van der Waals surface area contributed by atoms with Gasteiger partial charge in [-0.3, -0.25) is 4.99 Å². The number of nitrogens with zero attached hydrogens (tertiary/aromatic N) is 1. The van der Waals surface area contributed by atoms with Crippen molar-refractivity contribution in [2.75, 3.05) is 6.54 Å². The third-order valence-corrected chi connectivity index (χ3v) is 2.33. The lowest BCUT2D eigenvalue weighted by molar-refractivity contribution is 0.882. The van der Waals surface area contributed by atoms with Crippen molar-refractivity contribution in [1.29, 1.82) is 0 Å². The normalized spacial score (nSPS) is 18.1. The second-order valence-corrected chi connectivity index (χ2v) is 3.44. The van der Waals surface area contributed by atoms with Crippen molar-refractivity contribution in [1.82, 2.24) is 0 Å². The summed E-state index contributed by atoms with van der Waals surface area (Å²) < 4.78 is 0. The highest BCUT2D eigenvalue weighted by atomic mass is 14.8. The summed E-state index contributed by atoms with van der Waals surface area (Å²) >= 11 is 0. The zero-order chi connectivity index (χ0) is 8.43. The molecule has 1 heterocycles. The zero-order valence-corrected chi connectivity index (χ0v) is 7.94. The van der Waals surface area contributed by atoms with Gasteiger partial charge in [-0.05, 0) is 30.4 Å². The van der Waals surface area contributed by atoms with Crippen molar-refractivity contribution in [2.45, 2.75) is 34.1 Å². The summed E-state index contributed by atoms with van der Waals surface area (Å²) in [4.78, 5) is 4.51. The van der Waals surface area contributed by atoms with Crippen LogP contribution in [-0.2, 0) is 0 Å². The fraction of sp³-hybridized carbons (Fsp3) is 0.700. The molecule has 62 valence electrons. The van der Waals surface area contributed by atoms with E-state index < -0.39 is 0 Å². The van der Waals surface area contributed by atoms with E-state index in [0.717, 1.165) is 13.0 Å². The Hall–Kier alpha value is -0.590. The summed E-state index contributed by atoms with van der Waals surface area (Å²) in [6, 6.07) is 0. The van der Waals surface area contributed by atoms with Crippen LogP contribution in [0.3, 0.4) is 0 Å². The average Bonchev–Trinajstić information content (AvgIpc) is 2.30. The van der Waals surface area contributed by atoms with Crippen molar-refractivity contribution in [3.63, 3.8) is 0 Å². The predicted molar refractivity (Wildman–Crippen MR) is 50.1 cm³/mol. The van der Waals surface area contributed by atoms with Gasteiger partial charge in [0.15, 0.2) is 0 Å². The largest absolute Gasteiger partial charge is 0.285 e. The molecule has 0 spiro atoms. The van der Waals surface area contributed by atoms with Gasteiger partial charge in [0.1, 0.15) is 0 Å². The van der Waals surface area contributed by atoms with Gasteiger partial charge in [-0.15, -0.1) is 0 Å². The predicted octanol–water partition coefficient (Wildman–Crippen LogP) is 2.82. The van der Waals surface area contributed by atoms with Gasteiger partial charge in [0.25, 0.3) is 0 Å². The van der Waals surface area contributed by atoms with E-state index in [-0.39, 0.29) is 0 Å². The molecule has 0 saturated heterocycles. The molecule has 0 N–H and O–H groups in total. The molecule has 1 aliphatic heterocycles. The quantitative estimate of drug-likeness (QED) is 0.575. The van der Waals surface area contributed by atoms with Crippen LogP contribution < -0.4 is 0 Å². The molecule has 0 aromatic rings. The Balaban J connectivity index is 2.80. The fourth-order valence-corrected chi connectivity index (χ4v) is 1.59. The Morgan fingerprint density at radius 2 is 2.09 bits per heavy atom. The summed E-state index contributed by atoms with van der Waals surface area (Å²) in [5, 5.41) is 0.